The number of rotatable bonds is 4. The van der Waals surface area contributed by atoms with Crippen LogP contribution in [0.3, 0.4) is 0 Å². The monoisotopic (exact) mass is 313 g/mol. The highest BCUT2D eigenvalue weighted by Gasteiger charge is 2.40. The zero-order valence-electron chi connectivity index (χ0n) is 12.3. The Kier molecular flexibility index (Phi) is 3.94. The van der Waals surface area contributed by atoms with Gasteiger partial charge in [0.05, 0.1) is 4.92 Å². The minimum atomic E-state index is -3.87. The number of anilines is 1. The number of nitrogens with zero attached hydrogens (tertiary/aromatic N) is 2. The smallest absolute Gasteiger partial charge is 0.312 e. The van der Waals surface area contributed by atoms with E-state index in [4.69, 9.17) is 0 Å². The van der Waals surface area contributed by atoms with E-state index >= 15 is 0 Å². The second-order valence-corrected chi connectivity index (χ2v) is 7.82. The summed E-state index contributed by atoms with van der Waals surface area (Å²) in [7, 11) is -2.34. The normalized spacial score (nSPS) is 18.6. The van der Waals surface area contributed by atoms with Gasteiger partial charge in [0.15, 0.2) is 4.90 Å². The lowest BCUT2D eigenvalue weighted by Crippen LogP contribution is -2.31. The van der Waals surface area contributed by atoms with E-state index in [1.165, 1.54) is 29.6 Å². The van der Waals surface area contributed by atoms with Gasteiger partial charge in [0, 0.05) is 20.1 Å². The topological polar surface area (TPSA) is 92.6 Å². The van der Waals surface area contributed by atoms with Crippen LogP contribution in [0.2, 0.25) is 0 Å². The molecule has 1 saturated heterocycles. The quantitative estimate of drug-likeness (QED) is 0.678. The lowest BCUT2D eigenvalue weighted by molar-refractivity contribution is -0.386. The maximum atomic E-state index is 12.7. The van der Waals surface area contributed by atoms with Gasteiger partial charge in [-0.1, -0.05) is 19.9 Å². The van der Waals surface area contributed by atoms with Crippen molar-refractivity contribution in [2.75, 3.05) is 25.5 Å². The van der Waals surface area contributed by atoms with Crippen molar-refractivity contribution < 1.29 is 13.3 Å². The molecule has 0 radical (unpaired) electrons. The first-order valence-corrected chi connectivity index (χ1v) is 8.08. The second kappa shape index (κ2) is 5.27. The molecule has 1 aromatic rings. The van der Waals surface area contributed by atoms with Gasteiger partial charge in [0.1, 0.15) is 5.69 Å². The van der Waals surface area contributed by atoms with Crippen molar-refractivity contribution in [2.24, 2.45) is 5.41 Å². The summed E-state index contributed by atoms with van der Waals surface area (Å²) in [6.07, 6.45) is 0.742. The largest absolute Gasteiger partial charge is 0.383 e. The first-order valence-electron chi connectivity index (χ1n) is 6.64. The van der Waals surface area contributed by atoms with Gasteiger partial charge in [0.25, 0.3) is 0 Å². The van der Waals surface area contributed by atoms with Gasteiger partial charge in [-0.2, -0.15) is 4.31 Å². The molecule has 0 atom stereocenters. The van der Waals surface area contributed by atoms with E-state index in [0.29, 0.717) is 13.1 Å². The van der Waals surface area contributed by atoms with Crippen LogP contribution in [0.5, 0.6) is 0 Å². The highest BCUT2D eigenvalue weighted by molar-refractivity contribution is 7.89. The Morgan fingerprint density at radius 3 is 2.52 bits per heavy atom. The molecule has 0 aromatic heterocycles. The van der Waals surface area contributed by atoms with E-state index in [1.54, 1.807) is 0 Å². The molecule has 0 amide bonds. The van der Waals surface area contributed by atoms with Crippen molar-refractivity contribution in [1.29, 1.82) is 0 Å². The molecule has 7 nitrogen and oxygen atoms in total. The van der Waals surface area contributed by atoms with Gasteiger partial charge in [-0.05, 0) is 24.0 Å². The molecular formula is C13H19N3O4S. The van der Waals surface area contributed by atoms with E-state index in [1.807, 2.05) is 13.8 Å². The third-order valence-electron chi connectivity index (χ3n) is 3.71. The summed E-state index contributed by atoms with van der Waals surface area (Å²) in [4.78, 5) is 10.4. The van der Waals surface area contributed by atoms with E-state index in [-0.39, 0.29) is 16.0 Å². The summed E-state index contributed by atoms with van der Waals surface area (Å²) in [5, 5.41) is 13.9. The van der Waals surface area contributed by atoms with Gasteiger partial charge < -0.3 is 5.32 Å². The highest BCUT2D eigenvalue weighted by Crippen LogP contribution is 2.37. The Hall–Kier alpha value is -1.67. The molecule has 1 aliphatic rings. The molecule has 0 unspecified atom stereocenters. The molecule has 1 aromatic carbocycles. The van der Waals surface area contributed by atoms with Gasteiger partial charge in [-0.15, -0.1) is 0 Å². The molecule has 0 bridgehead atoms. The lowest BCUT2D eigenvalue weighted by atomic mass is 9.93. The molecule has 1 aliphatic heterocycles. The second-order valence-electron chi connectivity index (χ2n) is 5.91. The van der Waals surface area contributed by atoms with Gasteiger partial charge >= 0.3 is 5.69 Å². The van der Waals surface area contributed by atoms with Crippen molar-refractivity contribution in [3.05, 3.63) is 28.3 Å². The van der Waals surface area contributed by atoms with Crippen molar-refractivity contribution in [3.8, 4) is 0 Å². The fourth-order valence-electron chi connectivity index (χ4n) is 2.53. The molecule has 0 saturated carbocycles. The molecule has 0 spiro atoms. The summed E-state index contributed by atoms with van der Waals surface area (Å²) in [5.41, 5.74) is -0.313. The maximum absolute atomic E-state index is 12.7. The molecule has 1 heterocycles. The Labute approximate surface area is 124 Å². The minimum absolute atomic E-state index is 0.109. The fourth-order valence-corrected chi connectivity index (χ4v) is 4.34. The number of nitro benzene ring substituents is 1. The molecule has 21 heavy (non-hydrogen) atoms. The van der Waals surface area contributed by atoms with Crippen LogP contribution in [0, 0.1) is 15.5 Å². The number of nitrogens with one attached hydrogen (secondary N) is 1. The van der Waals surface area contributed by atoms with Gasteiger partial charge in [-0.25, -0.2) is 8.42 Å². The van der Waals surface area contributed by atoms with E-state index in [0.717, 1.165) is 6.42 Å². The predicted octanol–water partition coefficient (Wildman–Crippen LogP) is 2.06. The lowest BCUT2D eigenvalue weighted by Gasteiger charge is -2.20. The summed E-state index contributed by atoms with van der Waals surface area (Å²) in [6, 6.07) is 4.29. The van der Waals surface area contributed by atoms with Crippen LogP contribution in [0.15, 0.2) is 23.1 Å². The van der Waals surface area contributed by atoms with E-state index in [2.05, 4.69) is 5.32 Å². The Balaban J connectivity index is 2.53. The van der Waals surface area contributed by atoms with Crippen molar-refractivity contribution in [1.82, 2.24) is 4.31 Å². The van der Waals surface area contributed by atoms with E-state index in [9.17, 15) is 18.5 Å². The average molecular weight is 313 g/mol. The summed E-state index contributed by atoms with van der Waals surface area (Å²) >= 11 is 0. The molecule has 116 valence electrons. The summed E-state index contributed by atoms with van der Waals surface area (Å²) < 4.78 is 26.7. The number of para-hydroxylation sites is 1. The van der Waals surface area contributed by atoms with Crippen LogP contribution in [-0.2, 0) is 10.0 Å². The zero-order chi connectivity index (χ0) is 15.8. The number of sulfonamides is 1. The first-order chi connectivity index (χ1) is 9.69. The highest BCUT2D eigenvalue weighted by atomic mass is 32.2. The fraction of sp³-hybridized carbons (Fsp3) is 0.538. The Bertz CT molecular complexity index is 670. The van der Waals surface area contributed by atoms with Crippen LogP contribution in [0.25, 0.3) is 0 Å². The predicted molar refractivity (Wildman–Crippen MR) is 79.8 cm³/mol. The molecule has 0 aliphatic carbocycles. The van der Waals surface area contributed by atoms with Crippen LogP contribution in [0.4, 0.5) is 11.4 Å². The maximum Gasteiger partial charge on any atom is 0.312 e. The van der Waals surface area contributed by atoms with Crippen LogP contribution >= 0.6 is 0 Å². The Morgan fingerprint density at radius 1 is 1.38 bits per heavy atom. The molecule has 1 N–H and O–H groups in total. The number of hydrogen-bond donors (Lipinski definition) is 1. The summed E-state index contributed by atoms with van der Waals surface area (Å²) in [5.74, 6) is 0. The number of hydrogen-bond acceptors (Lipinski definition) is 5. The SMILES string of the molecule is CNc1cccc(S(=O)(=O)N2CCC(C)(C)C2)c1[N+](=O)[O-]. The Morgan fingerprint density at radius 2 is 2.05 bits per heavy atom. The zero-order valence-corrected chi connectivity index (χ0v) is 13.1. The molecule has 1 fully saturated rings. The standard InChI is InChI=1S/C13H19N3O4S/c1-13(2)7-8-15(9-13)21(19,20)11-6-4-5-10(14-3)12(11)16(17)18/h4-6,14H,7-9H2,1-3H3. The molecular weight excluding hydrogens is 294 g/mol. The third-order valence-corrected chi connectivity index (χ3v) is 5.59. The molecule has 8 heteroatoms. The number of benzene rings is 1. The van der Waals surface area contributed by atoms with Crippen molar-refractivity contribution >= 4 is 21.4 Å². The first kappa shape index (κ1) is 15.7. The van der Waals surface area contributed by atoms with Crippen LogP contribution < -0.4 is 5.32 Å². The van der Waals surface area contributed by atoms with Gasteiger partial charge in [-0.3, -0.25) is 10.1 Å². The van der Waals surface area contributed by atoms with Crippen molar-refractivity contribution in [2.45, 2.75) is 25.2 Å². The summed E-state index contributed by atoms with van der Waals surface area (Å²) in [6.45, 7) is 4.73. The van der Waals surface area contributed by atoms with Gasteiger partial charge in [0.2, 0.25) is 10.0 Å². The molecule has 2 rings (SSSR count). The van der Waals surface area contributed by atoms with E-state index < -0.39 is 20.6 Å². The minimum Gasteiger partial charge on any atom is -0.383 e. The number of nitro groups is 1. The van der Waals surface area contributed by atoms with Crippen LogP contribution in [-0.4, -0.2) is 37.8 Å². The third kappa shape index (κ3) is 2.86. The van der Waals surface area contributed by atoms with Crippen LogP contribution in [0.1, 0.15) is 20.3 Å². The van der Waals surface area contributed by atoms with Crippen molar-refractivity contribution in [3.63, 3.8) is 0 Å². The average Bonchev–Trinajstić information content (AvgIpc) is 2.78.